The predicted octanol–water partition coefficient (Wildman–Crippen LogP) is 1.96. The Morgan fingerprint density at radius 3 is 2.69 bits per heavy atom. The van der Waals surface area contributed by atoms with Gasteiger partial charge in [0.15, 0.2) is 0 Å². The van der Waals surface area contributed by atoms with Crippen LogP contribution >= 0.6 is 15.9 Å². The van der Waals surface area contributed by atoms with E-state index in [-0.39, 0.29) is 5.54 Å². The van der Waals surface area contributed by atoms with Crippen LogP contribution in [0.25, 0.3) is 0 Å². The van der Waals surface area contributed by atoms with E-state index in [1.807, 2.05) is 19.9 Å². The second kappa shape index (κ2) is 4.07. The van der Waals surface area contributed by atoms with Gasteiger partial charge in [-0.2, -0.15) is 0 Å². The van der Waals surface area contributed by atoms with Crippen molar-refractivity contribution in [1.82, 2.24) is 4.98 Å². The largest absolute Gasteiger partial charge is 0.476 e. The maximum absolute atomic E-state index is 5.75. The molecule has 4 heteroatoms. The van der Waals surface area contributed by atoms with E-state index in [2.05, 4.69) is 20.9 Å². The topological polar surface area (TPSA) is 48.1 Å². The van der Waals surface area contributed by atoms with Gasteiger partial charge in [-0.3, -0.25) is 0 Å². The maximum Gasteiger partial charge on any atom is 0.213 e. The maximum atomic E-state index is 5.75. The number of ether oxygens (including phenoxy) is 1. The Morgan fingerprint density at radius 2 is 2.23 bits per heavy atom. The van der Waals surface area contributed by atoms with Gasteiger partial charge in [-0.15, -0.1) is 0 Å². The molecule has 0 aliphatic carbocycles. The van der Waals surface area contributed by atoms with Crippen molar-refractivity contribution < 1.29 is 4.74 Å². The molecule has 0 fully saturated rings. The van der Waals surface area contributed by atoms with Gasteiger partial charge in [0.05, 0.1) is 0 Å². The molecule has 3 nitrogen and oxygen atoms in total. The lowest BCUT2D eigenvalue weighted by Crippen LogP contribution is -2.38. The summed E-state index contributed by atoms with van der Waals surface area (Å²) in [7, 11) is 0. The van der Waals surface area contributed by atoms with Crippen molar-refractivity contribution in [2.75, 3.05) is 6.61 Å². The number of hydrogen-bond donors (Lipinski definition) is 1. The predicted molar refractivity (Wildman–Crippen MR) is 55.7 cm³/mol. The van der Waals surface area contributed by atoms with Crippen LogP contribution in [0.4, 0.5) is 0 Å². The third kappa shape index (κ3) is 4.24. The first-order chi connectivity index (χ1) is 5.97. The van der Waals surface area contributed by atoms with Gasteiger partial charge in [-0.05, 0) is 35.8 Å². The minimum atomic E-state index is -0.325. The molecule has 0 unspecified atom stereocenters. The molecule has 1 rings (SSSR count). The summed E-state index contributed by atoms with van der Waals surface area (Å²) in [6.07, 6.45) is 1.69. The van der Waals surface area contributed by atoms with E-state index in [1.54, 1.807) is 12.3 Å². The minimum Gasteiger partial charge on any atom is -0.476 e. The van der Waals surface area contributed by atoms with Crippen LogP contribution in [0.2, 0.25) is 0 Å². The average Bonchev–Trinajstić information content (AvgIpc) is 2.02. The number of nitrogens with zero attached hydrogens (tertiary/aromatic N) is 1. The van der Waals surface area contributed by atoms with Gasteiger partial charge in [0.2, 0.25) is 5.88 Å². The van der Waals surface area contributed by atoms with Gasteiger partial charge in [0.1, 0.15) is 6.61 Å². The van der Waals surface area contributed by atoms with Crippen molar-refractivity contribution in [3.05, 3.63) is 22.8 Å². The molecule has 0 aliphatic rings. The van der Waals surface area contributed by atoms with Gasteiger partial charge in [-0.1, -0.05) is 0 Å². The third-order valence-corrected chi connectivity index (χ3v) is 1.76. The second-order valence-corrected chi connectivity index (χ2v) is 4.51. The Bertz CT molecular complexity index is 266. The first-order valence-corrected chi connectivity index (χ1v) is 4.80. The molecular weight excluding hydrogens is 232 g/mol. The molecule has 0 spiro atoms. The zero-order valence-electron chi connectivity index (χ0n) is 7.75. The SMILES string of the molecule is CC(C)(N)COc1ccc(Br)cn1. The van der Waals surface area contributed by atoms with Crippen molar-refractivity contribution in [3.63, 3.8) is 0 Å². The van der Waals surface area contributed by atoms with Crippen LogP contribution < -0.4 is 10.5 Å². The molecule has 0 radical (unpaired) electrons. The van der Waals surface area contributed by atoms with Crippen molar-refractivity contribution in [2.24, 2.45) is 5.73 Å². The molecule has 13 heavy (non-hydrogen) atoms. The molecule has 0 amide bonds. The lowest BCUT2D eigenvalue weighted by molar-refractivity contribution is 0.235. The van der Waals surface area contributed by atoms with Crippen molar-refractivity contribution in [2.45, 2.75) is 19.4 Å². The zero-order chi connectivity index (χ0) is 9.90. The number of hydrogen-bond acceptors (Lipinski definition) is 3. The van der Waals surface area contributed by atoms with Crippen molar-refractivity contribution in [3.8, 4) is 5.88 Å². The summed E-state index contributed by atoms with van der Waals surface area (Å²) >= 11 is 3.29. The molecule has 1 aromatic heterocycles. The minimum absolute atomic E-state index is 0.325. The van der Waals surface area contributed by atoms with E-state index in [0.717, 1.165) is 4.47 Å². The first kappa shape index (κ1) is 10.5. The van der Waals surface area contributed by atoms with Crippen LogP contribution in [0.15, 0.2) is 22.8 Å². The summed E-state index contributed by atoms with van der Waals surface area (Å²) < 4.78 is 6.31. The number of pyridine rings is 1. The molecule has 0 saturated carbocycles. The fraction of sp³-hybridized carbons (Fsp3) is 0.444. The van der Waals surface area contributed by atoms with Gasteiger partial charge in [0.25, 0.3) is 0 Å². The summed E-state index contributed by atoms with van der Waals surface area (Å²) in [6, 6.07) is 3.68. The Morgan fingerprint density at radius 1 is 1.54 bits per heavy atom. The Labute approximate surface area is 86.4 Å². The van der Waals surface area contributed by atoms with E-state index < -0.39 is 0 Å². The molecule has 0 saturated heterocycles. The fourth-order valence-electron chi connectivity index (χ4n) is 0.708. The molecular formula is C9H13BrN2O. The monoisotopic (exact) mass is 244 g/mol. The standard InChI is InChI=1S/C9H13BrN2O/c1-9(2,11)6-13-8-4-3-7(10)5-12-8/h3-5H,6,11H2,1-2H3. The highest BCUT2D eigenvalue weighted by Gasteiger charge is 2.11. The summed E-state index contributed by atoms with van der Waals surface area (Å²) in [5, 5.41) is 0. The number of aromatic nitrogens is 1. The molecule has 1 heterocycles. The highest BCUT2D eigenvalue weighted by atomic mass is 79.9. The van der Waals surface area contributed by atoms with Gasteiger partial charge in [-0.25, -0.2) is 4.98 Å². The normalized spacial score (nSPS) is 11.4. The van der Waals surface area contributed by atoms with Gasteiger partial charge >= 0.3 is 0 Å². The van der Waals surface area contributed by atoms with E-state index in [4.69, 9.17) is 10.5 Å². The number of halogens is 1. The second-order valence-electron chi connectivity index (χ2n) is 3.59. The Kier molecular flexibility index (Phi) is 3.27. The fourth-order valence-corrected chi connectivity index (χ4v) is 0.942. The van der Waals surface area contributed by atoms with E-state index in [9.17, 15) is 0 Å². The number of nitrogens with two attached hydrogens (primary N) is 1. The average molecular weight is 245 g/mol. The molecule has 1 aromatic rings. The van der Waals surface area contributed by atoms with E-state index >= 15 is 0 Å². The van der Waals surface area contributed by atoms with E-state index in [0.29, 0.717) is 12.5 Å². The van der Waals surface area contributed by atoms with Crippen molar-refractivity contribution >= 4 is 15.9 Å². The smallest absolute Gasteiger partial charge is 0.213 e. The molecule has 0 atom stereocenters. The first-order valence-electron chi connectivity index (χ1n) is 4.01. The van der Waals surface area contributed by atoms with Gasteiger partial charge < -0.3 is 10.5 Å². The van der Waals surface area contributed by atoms with Crippen LogP contribution in [0.5, 0.6) is 5.88 Å². The van der Waals surface area contributed by atoms with Crippen molar-refractivity contribution in [1.29, 1.82) is 0 Å². The highest BCUT2D eigenvalue weighted by Crippen LogP contribution is 2.13. The van der Waals surface area contributed by atoms with Crippen LogP contribution in [-0.2, 0) is 0 Å². The summed E-state index contributed by atoms with van der Waals surface area (Å²) in [5.74, 6) is 0.599. The molecule has 0 aliphatic heterocycles. The van der Waals surface area contributed by atoms with Crippen LogP contribution in [0.1, 0.15) is 13.8 Å². The lowest BCUT2D eigenvalue weighted by Gasteiger charge is -2.18. The Hall–Kier alpha value is -0.610. The van der Waals surface area contributed by atoms with Crippen LogP contribution in [-0.4, -0.2) is 17.1 Å². The summed E-state index contributed by atoms with van der Waals surface area (Å²) in [4.78, 5) is 4.06. The third-order valence-electron chi connectivity index (χ3n) is 1.29. The van der Waals surface area contributed by atoms with E-state index in [1.165, 1.54) is 0 Å². The Balaban J connectivity index is 2.51. The number of rotatable bonds is 3. The van der Waals surface area contributed by atoms with Crippen LogP contribution in [0.3, 0.4) is 0 Å². The molecule has 2 N–H and O–H groups in total. The lowest BCUT2D eigenvalue weighted by atomic mass is 10.1. The summed E-state index contributed by atoms with van der Waals surface area (Å²) in [6.45, 7) is 4.28. The molecule has 0 bridgehead atoms. The summed E-state index contributed by atoms with van der Waals surface area (Å²) in [5.41, 5.74) is 5.43. The van der Waals surface area contributed by atoms with Crippen LogP contribution in [0, 0.1) is 0 Å². The zero-order valence-corrected chi connectivity index (χ0v) is 9.34. The van der Waals surface area contributed by atoms with Gasteiger partial charge in [0, 0.05) is 22.3 Å². The molecule has 72 valence electrons. The quantitative estimate of drug-likeness (QED) is 0.885. The highest BCUT2D eigenvalue weighted by molar-refractivity contribution is 9.10. The molecule has 0 aromatic carbocycles.